The Hall–Kier alpha value is -2.78. The molecule has 1 atom stereocenters. The first-order valence-electron chi connectivity index (χ1n) is 7.84. The van der Waals surface area contributed by atoms with Gasteiger partial charge in [-0.3, -0.25) is 19.5 Å². The van der Waals surface area contributed by atoms with E-state index >= 15 is 0 Å². The number of rotatable bonds is 5. The molecule has 0 saturated heterocycles. The number of benzene rings is 1. The fourth-order valence-electron chi connectivity index (χ4n) is 2.40. The van der Waals surface area contributed by atoms with Gasteiger partial charge in [0.05, 0.1) is 29.0 Å². The zero-order chi connectivity index (χ0) is 19.6. The number of aromatic nitrogens is 2. The number of thioether (sulfide) groups is 1. The molecule has 0 aliphatic carbocycles. The maximum Gasteiger partial charge on any atom is 0.318 e. The number of amides is 3. The molecule has 1 aromatic carbocycles. The van der Waals surface area contributed by atoms with Gasteiger partial charge in [0, 0.05) is 5.02 Å². The van der Waals surface area contributed by atoms with Crippen LogP contribution in [0.2, 0.25) is 5.02 Å². The highest BCUT2D eigenvalue weighted by atomic mass is 35.5. The molecule has 0 saturated carbocycles. The zero-order valence-corrected chi connectivity index (χ0v) is 15.7. The van der Waals surface area contributed by atoms with E-state index in [0.717, 1.165) is 11.8 Å². The van der Waals surface area contributed by atoms with Crippen LogP contribution >= 0.6 is 23.4 Å². The second-order valence-corrected chi connectivity index (χ2v) is 7.38. The van der Waals surface area contributed by atoms with Gasteiger partial charge in [-0.2, -0.15) is 0 Å². The minimum absolute atomic E-state index is 0.143. The van der Waals surface area contributed by atoms with Gasteiger partial charge in [-0.25, -0.2) is 9.78 Å². The number of imide groups is 1. The lowest BCUT2D eigenvalue weighted by molar-refractivity contribution is -0.119. The summed E-state index contributed by atoms with van der Waals surface area (Å²) in [4.78, 5) is 40.3. The number of primary amides is 1. The Morgan fingerprint density at radius 2 is 2.19 bits per heavy atom. The molecular formula is C17H15ClN4O4S. The molecule has 2 aromatic heterocycles. The van der Waals surface area contributed by atoms with Gasteiger partial charge < -0.3 is 10.2 Å². The predicted molar refractivity (Wildman–Crippen MR) is 102 cm³/mol. The number of nitrogens with zero attached hydrogens (tertiary/aromatic N) is 2. The second-order valence-electron chi connectivity index (χ2n) is 5.64. The molecule has 0 aliphatic heterocycles. The topological polar surface area (TPSA) is 120 Å². The summed E-state index contributed by atoms with van der Waals surface area (Å²) in [5.41, 5.74) is 5.10. The van der Waals surface area contributed by atoms with Gasteiger partial charge in [0.15, 0.2) is 5.16 Å². The first-order valence-corrected chi connectivity index (χ1v) is 9.10. The molecule has 3 amide bonds. The summed E-state index contributed by atoms with van der Waals surface area (Å²) in [6.07, 6.45) is 1.50. The van der Waals surface area contributed by atoms with Gasteiger partial charge >= 0.3 is 6.03 Å². The molecule has 3 N–H and O–H groups in total. The average molecular weight is 407 g/mol. The summed E-state index contributed by atoms with van der Waals surface area (Å²) in [5.74, 6) is -0.0270. The Balaban J connectivity index is 2.06. The minimum atomic E-state index is -0.946. The maximum atomic E-state index is 13.0. The van der Waals surface area contributed by atoms with Crippen LogP contribution in [0.4, 0.5) is 4.79 Å². The number of nitrogens with two attached hydrogens (primary N) is 1. The van der Waals surface area contributed by atoms with Gasteiger partial charge in [-0.15, -0.1) is 0 Å². The van der Waals surface area contributed by atoms with Crippen LogP contribution < -0.4 is 16.6 Å². The Labute approximate surface area is 162 Å². The van der Waals surface area contributed by atoms with Crippen LogP contribution in [0.3, 0.4) is 0 Å². The summed E-state index contributed by atoms with van der Waals surface area (Å²) in [6, 6.07) is 7.29. The molecule has 3 rings (SSSR count). The van der Waals surface area contributed by atoms with Crippen LogP contribution in [0.15, 0.2) is 51.0 Å². The summed E-state index contributed by atoms with van der Waals surface area (Å²) in [6.45, 7) is 1.72. The third kappa shape index (κ3) is 4.32. The quantitative estimate of drug-likeness (QED) is 0.495. The third-order valence-electron chi connectivity index (χ3n) is 3.67. The average Bonchev–Trinajstić information content (AvgIpc) is 3.10. The number of hydrogen-bond acceptors (Lipinski definition) is 6. The van der Waals surface area contributed by atoms with Crippen LogP contribution in [0, 0.1) is 0 Å². The van der Waals surface area contributed by atoms with E-state index in [2.05, 4.69) is 4.98 Å². The Morgan fingerprint density at radius 1 is 1.41 bits per heavy atom. The lowest BCUT2D eigenvalue weighted by atomic mass is 10.2. The van der Waals surface area contributed by atoms with Crippen molar-refractivity contribution in [1.29, 1.82) is 0 Å². The minimum Gasteiger partial charge on any atom is -0.467 e. The summed E-state index contributed by atoms with van der Waals surface area (Å²) in [7, 11) is 0. The molecule has 2 heterocycles. The van der Waals surface area contributed by atoms with E-state index in [1.165, 1.54) is 10.8 Å². The van der Waals surface area contributed by atoms with Crippen molar-refractivity contribution in [2.45, 2.75) is 23.9 Å². The van der Waals surface area contributed by atoms with Crippen LogP contribution in [-0.2, 0) is 11.3 Å². The highest BCUT2D eigenvalue weighted by molar-refractivity contribution is 8.00. The number of hydrogen-bond donors (Lipinski definition) is 2. The lowest BCUT2D eigenvalue weighted by Gasteiger charge is -2.15. The van der Waals surface area contributed by atoms with Crippen LogP contribution in [0.5, 0.6) is 0 Å². The molecule has 8 nitrogen and oxygen atoms in total. The fraction of sp³-hybridized carbons (Fsp3) is 0.176. The predicted octanol–water partition coefficient (Wildman–Crippen LogP) is 2.37. The standard InChI is InChI=1S/C17H15ClN4O4S/c1-9(14(23)21-16(19)25)27-17-20-13-7-10(18)4-5-12(13)15(24)22(17)8-11-3-2-6-26-11/h2-7,9H,8H2,1H3,(H3,19,21,23,25)/t9-/m0/s1. The van der Waals surface area contributed by atoms with Gasteiger partial charge in [0.1, 0.15) is 5.76 Å². The normalized spacial score (nSPS) is 12.1. The molecule has 0 radical (unpaired) electrons. The van der Waals surface area contributed by atoms with Crippen molar-refractivity contribution in [3.8, 4) is 0 Å². The Bertz CT molecular complexity index is 1060. The molecule has 0 fully saturated rings. The van der Waals surface area contributed by atoms with Crippen molar-refractivity contribution in [2.24, 2.45) is 5.73 Å². The molecule has 27 heavy (non-hydrogen) atoms. The molecule has 140 valence electrons. The second kappa shape index (κ2) is 7.85. The van der Waals surface area contributed by atoms with Crippen LogP contribution in [0.1, 0.15) is 12.7 Å². The van der Waals surface area contributed by atoms with Gasteiger partial charge in [-0.1, -0.05) is 23.4 Å². The van der Waals surface area contributed by atoms with E-state index in [-0.39, 0.29) is 12.1 Å². The number of fused-ring (bicyclic) bond motifs is 1. The zero-order valence-electron chi connectivity index (χ0n) is 14.1. The number of furan rings is 1. The van der Waals surface area contributed by atoms with E-state index < -0.39 is 17.2 Å². The maximum absolute atomic E-state index is 13.0. The Morgan fingerprint density at radius 3 is 2.85 bits per heavy atom. The fourth-order valence-corrected chi connectivity index (χ4v) is 3.47. The number of carbonyl (C=O) groups is 2. The molecule has 0 aliphatic rings. The first-order chi connectivity index (χ1) is 12.8. The number of urea groups is 1. The van der Waals surface area contributed by atoms with Gasteiger partial charge in [-0.05, 0) is 37.3 Å². The Kier molecular flexibility index (Phi) is 5.52. The van der Waals surface area contributed by atoms with Crippen LogP contribution in [0.25, 0.3) is 10.9 Å². The molecule has 0 bridgehead atoms. The van der Waals surface area contributed by atoms with E-state index in [1.807, 2.05) is 5.32 Å². The summed E-state index contributed by atoms with van der Waals surface area (Å²) < 4.78 is 6.74. The largest absolute Gasteiger partial charge is 0.467 e. The molecule has 10 heteroatoms. The summed E-state index contributed by atoms with van der Waals surface area (Å²) >= 11 is 7.03. The highest BCUT2D eigenvalue weighted by Crippen LogP contribution is 2.24. The van der Waals surface area contributed by atoms with Gasteiger partial charge in [0.2, 0.25) is 5.91 Å². The molecular weight excluding hydrogens is 392 g/mol. The van der Waals surface area contributed by atoms with Crippen molar-refractivity contribution >= 4 is 46.2 Å². The third-order valence-corrected chi connectivity index (χ3v) is 5.00. The van der Waals surface area contributed by atoms with Crippen LogP contribution in [-0.4, -0.2) is 26.7 Å². The van der Waals surface area contributed by atoms with E-state index in [4.69, 9.17) is 21.8 Å². The van der Waals surface area contributed by atoms with E-state index in [1.54, 1.807) is 37.3 Å². The van der Waals surface area contributed by atoms with Crippen molar-refractivity contribution in [3.05, 3.63) is 57.7 Å². The van der Waals surface area contributed by atoms with Crippen molar-refractivity contribution < 1.29 is 14.0 Å². The molecule has 3 aromatic rings. The smallest absolute Gasteiger partial charge is 0.318 e. The number of halogens is 1. The van der Waals surface area contributed by atoms with Crippen molar-refractivity contribution in [1.82, 2.24) is 14.9 Å². The highest BCUT2D eigenvalue weighted by Gasteiger charge is 2.21. The van der Waals surface area contributed by atoms with E-state index in [0.29, 0.717) is 26.8 Å². The number of carbonyl (C=O) groups excluding carboxylic acids is 2. The summed E-state index contributed by atoms with van der Waals surface area (Å²) in [5, 5.41) is 2.42. The van der Waals surface area contributed by atoms with Gasteiger partial charge in [0.25, 0.3) is 5.56 Å². The monoisotopic (exact) mass is 406 g/mol. The molecule has 0 unspecified atom stereocenters. The van der Waals surface area contributed by atoms with Crippen molar-refractivity contribution in [3.63, 3.8) is 0 Å². The number of nitrogens with one attached hydrogen (secondary N) is 1. The molecule has 0 spiro atoms. The first kappa shape index (κ1) is 19.0. The SMILES string of the molecule is C[C@H](Sc1nc2cc(Cl)ccc2c(=O)n1Cc1ccco1)C(=O)NC(N)=O. The lowest BCUT2D eigenvalue weighted by Crippen LogP contribution is -2.39. The van der Waals surface area contributed by atoms with E-state index in [9.17, 15) is 14.4 Å². The van der Waals surface area contributed by atoms with Crippen molar-refractivity contribution in [2.75, 3.05) is 0 Å².